The largest absolute Gasteiger partial charge is 0.492 e. The van der Waals surface area contributed by atoms with Gasteiger partial charge in [-0.05, 0) is 63.1 Å². The summed E-state index contributed by atoms with van der Waals surface area (Å²) in [5.41, 5.74) is 4.32. The van der Waals surface area contributed by atoms with Crippen molar-refractivity contribution in [3.8, 4) is 17.2 Å². The highest BCUT2D eigenvalue weighted by Crippen LogP contribution is 2.36. The summed E-state index contributed by atoms with van der Waals surface area (Å²) in [6.07, 6.45) is -0.639. The predicted molar refractivity (Wildman–Crippen MR) is 136 cm³/mol. The lowest BCUT2D eigenvalue weighted by Gasteiger charge is -2.33. The number of carbonyl (C=O) groups excluding carboxylic acids is 2. The SMILES string of the molecule is Cc1ccc(OCCN2C(=O)C(C)Oc3cc(NC(=O)COc4c(C)cccc4C)ccc32)cc1. The molecule has 1 heterocycles. The summed E-state index contributed by atoms with van der Waals surface area (Å²) in [4.78, 5) is 26.9. The molecule has 1 unspecified atom stereocenters. The van der Waals surface area contributed by atoms with E-state index in [0.29, 0.717) is 36.0 Å². The second-order valence-electron chi connectivity index (χ2n) is 8.65. The first-order valence-electron chi connectivity index (χ1n) is 11.6. The van der Waals surface area contributed by atoms with Crippen LogP contribution in [0.3, 0.4) is 0 Å². The molecule has 1 aliphatic heterocycles. The van der Waals surface area contributed by atoms with Crippen molar-refractivity contribution in [3.05, 3.63) is 77.4 Å². The van der Waals surface area contributed by atoms with Crippen LogP contribution < -0.4 is 24.4 Å². The Kier molecular flexibility index (Phi) is 7.25. The number of fused-ring (bicyclic) bond motifs is 1. The molecule has 1 aliphatic rings. The van der Waals surface area contributed by atoms with Crippen molar-refractivity contribution in [2.75, 3.05) is 30.0 Å². The number of benzene rings is 3. The molecule has 0 aromatic heterocycles. The van der Waals surface area contributed by atoms with Crippen LogP contribution in [-0.2, 0) is 9.59 Å². The number of anilines is 2. The Morgan fingerprint density at radius 2 is 1.71 bits per heavy atom. The van der Waals surface area contributed by atoms with Gasteiger partial charge in [0.05, 0.1) is 12.2 Å². The predicted octanol–water partition coefficient (Wildman–Crippen LogP) is 4.82. The number of hydrogen-bond donors (Lipinski definition) is 1. The standard InChI is InChI=1S/C28H30N2O5/c1-18-8-11-23(12-9-18)33-15-14-30-24-13-10-22(16-25(24)35-21(4)28(30)32)29-26(31)17-34-27-19(2)6-5-7-20(27)3/h5-13,16,21H,14-15,17H2,1-4H3,(H,29,31). The first-order chi connectivity index (χ1) is 16.8. The molecule has 4 rings (SSSR count). The lowest BCUT2D eigenvalue weighted by Crippen LogP contribution is -2.46. The minimum atomic E-state index is -0.639. The lowest BCUT2D eigenvalue weighted by atomic mass is 10.1. The van der Waals surface area contributed by atoms with Gasteiger partial charge in [0, 0.05) is 11.8 Å². The number of rotatable bonds is 8. The Hall–Kier alpha value is -4.00. The normalized spacial score (nSPS) is 14.7. The Balaban J connectivity index is 1.39. The zero-order valence-electron chi connectivity index (χ0n) is 20.5. The molecular weight excluding hydrogens is 444 g/mol. The van der Waals surface area contributed by atoms with E-state index in [2.05, 4.69) is 5.32 Å². The molecule has 35 heavy (non-hydrogen) atoms. The summed E-state index contributed by atoms with van der Waals surface area (Å²) in [5, 5.41) is 2.84. The third kappa shape index (κ3) is 5.74. The Morgan fingerprint density at radius 3 is 2.43 bits per heavy atom. The van der Waals surface area contributed by atoms with Crippen LogP contribution in [0.4, 0.5) is 11.4 Å². The Bertz CT molecular complexity index is 1200. The summed E-state index contributed by atoms with van der Waals surface area (Å²) in [5.74, 6) is 1.58. The molecule has 2 amide bonds. The minimum Gasteiger partial charge on any atom is -0.492 e. The van der Waals surface area contributed by atoms with E-state index < -0.39 is 6.10 Å². The number of ether oxygens (including phenoxy) is 3. The van der Waals surface area contributed by atoms with Crippen LogP contribution in [-0.4, -0.2) is 37.7 Å². The molecule has 0 saturated carbocycles. The van der Waals surface area contributed by atoms with Gasteiger partial charge in [0.15, 0.2) is 12.7 Å². The highest BCUT2D eigenvalue weighted by Gasteiger charge is 2.31. The number of hydrogen-bond acceptors (Lipinski definition) is 5. The highest BCUT2D eigenvalue weighted by atomic mass is 16.5. The van der Waals surface area contributed by atoms with E-state index in [0.717, 1.165) is 22.4 Å². The van der Waals surface area contributed by atoms with Crippen molar-refractivity contribution in [2.45, 2.75) is 33.8 Å². The van der Waals surface area contributed by atoms with Crippen LogP contribution in [0.25, 0.3) is 0 Å². The van der Waals surface area contributed by atoms with Crippen molar-refractivity contribution >= 4 is 23.2 Å². The van der Waals surface area contributed by atoms with Gasteiger partial charge < -0.3 is 24.4 Å². The molecule has 7 nitrogen and oxygen atoms in total. The highest BCUT2D eigenvalue weighted by molar-refractivity contribution is 6.00. The topological polar surface area (TPSA) is 77.1 Å². The van der Waals surface area contributed by atoms with Gasteiger partial charge in [0.1, 0.15) is 23.9 Å². The van der Waals surface area contributed by atoms with Gasteiger partial charge in [-0.3, -0.25) is 9.59 Å². The van der Waals surface area contributed by atoms with Gasteiger partial charge in [-0.2, -0.15) is 0 Å². The van der Waals surface area contributed by atoms with E-state index in [1.165, 1.54) is 0 Å². The molecule has 1 N–H and O–H groups in total. The molecule has 182 valence electrons. The van der Waals surface area contributed by atoms with E-state index in [4.69, 9.17) is 14.2 Å². The van der Waals surface area contributed by atoms with Gasteiger partial charge >= 0.3 is 0 Å². The molecule has 7 heteroatoms. The second-order valence-corrected chi connectivity index (χ2v) is 8.65. The molecule has 0 spiro atoms. The Morgan fingerprint density at radius 1 is 1.00 bits per heavy atom. The quantitative estimate of drug-likeness (QED) is 0.506. The van der Waals surface area contributed by atoms with Gasteiger partial charge in [0.25, 0.3) is 11.8 Å². The van der Waals surface area contributed by atoms with E-state index in [-0.39, 0.29) is 18.4 Å². The van der Waals surface area contributed by atoms with Crippen molar-refractivity contribution in [2.24, 2.45) is 0 Å². The molecule has 0 radical (unpaired) electrons. The van der Waals surface area contributed by atoms with Gasteiger partial charge in [0.2, 0.25) is 0 Å². The zero-order chi connectivity index (χ0) is 24.9. The second kappa shape index (κ2) is 10.5. The molecule has 1 atom stereocenters. The van der Waals surface area contributed by atoms with Crippen LogP contribution in [0.15, 0.2) is 60.7 Å². The third-order valence-electron chi connectivity index (χ3n) is 5.81. The fraction of sp³-hybridized carbons (Fsp3) is 0.286. The summed E-state index contributed by atoms with van der Waals surface area (Å²) >= 11 is 0. The number of para-hydroxylation sites is 1. The van der Waals surface area contributed by atoms with Crippen molar-refractivity contribution in [1.82, 2.24) is 0 Å². The summed E-state index contributed by atoms with van der Waals surface area (Å²) in [6, 6.07) is 18.9. The maximum Gasteiger partial charge on any atom is 0.267 e. The van der Waals surface area contributed by atoms with E-state index in [9.17, 15) is 9.59 Å². The van der Waals surface area contributed by atoms with E-state index >= 15 is 0 Å². The number of nitrogens with one attached hydrogen (secondary N) is 1. The molecule has 0 aliphatic carbocycles. The minimum absolute atomic E-state index is 0.110. The molecule has 3 aromatic rings. The first-order valence-corrected chi connectivity index (χ1v) is 11.6. The van der Waals surface area contributed by atoms with Crippen LogP contribution in [0, 0.1) is 20.8 Å². The molecule has 0 bridgehead atoms. The molecular formula is C28H30N2O5. The Labute approximate surface area is 205 Å². The van der Waals surface area contributed by atoms with Crippen molar-refractivity contribution in [1.29, 1.82) is 0 Å². The lowest BCUT2D eigenvalue weighted by molar-refractivity contribution is -0.125. The average molecular weight is 475 g/mol. The van der Waals surface area contributed by atoms with E-state index in [1.807, 2.05) is 63.2 Å². The molecule has 0 saturated heterocycles. The summed E-state index contributed by atoms with van der Waals surface area (Å²) < 4.78 is 17.4. The van der Waals surface area contributed by atoms with Crippen LogP contribution in [0.5, 0.6) is 17.2 Å². The van der Waals surface area contributed by atoms with Crippen LogP contribution >= 0.6 is 0 Å². The van der Waals surface area contributed by atoms with Crippen LogP contribution in [0.1, 0.15) is 23.6 Å². The first kappa shape index (κ1) is 24.1. The van der Waals surface area contributed by atoms with Gasteiger partial charge in [-0.25, -0.2) is 0 Å². The molecule has 3 aromatic carbocycles. The number of amides is 2. The number of aryl methyl sites for hydroxylation is 3. The molecule has 0 fully saturated rings. The van der Waals surface area contributed by atoms with Crippen LogP contribution in [0.2, 0.25) is 0 Å². The number of nitrogens with zero attached hydrogens (tertiary/aromatic N) is 1. The monoisotopic (exact) mass is 474 g/mol. The summed E-state index contributed by atoms with van der Waals surface area (Å²) in [7, 11) is 0. The smallest absolute Gasteiger partial charge is 0.267 e. The average Bonchev–Trinajstić information content (AvgIpc) is 2.82. The van der Waals surface area contributed by atoms with E-state index in [1.54, 1.807) is 30.0 Å². The maximum atomic E-state index is 12.8. The fourth-order valence-electron chi connectivity index (χ4n) is 3.97. The zero-order valence-corrected chi connectivity index (χ0v) is 20.5. The third-order valence-corrected chi connectivity index (χ3v) is 5.81. The van der Waals surface area contributed by atoms with Crippen molar-refractivity contribution < 1.29 is 23.8 Å². The summed E-state index contributed by atoms with van der Waals surface area (Å²) in [6.45, 7) is 8.23. The number of carbonyl (C=O) groups is 2. The van der Waals surface area contributed by atoms with Gasteiger partial charge in [-0.15, -0.1) is 0 Å². The maximum absolute atomic E-state index is 12.8. The fourth-order valence-corrected chi connectivity index (χ4v) is 3.97. The van der Waals surface area contributed by atoms with Crippen molar-refractivity contribution in [3.63, 3.8) is 0 Å². The van der Waals surface area contributed by atoms with Gasteiger partial charge in [-0.1, -0.05) is 35.9 Å².